The third kappa shape index (κ3) is 4.87. The number of likely N-dealkylation sites (N-methyl/N-ethyl adjacent to an activating group) is 1. The Morgan fingerprint density at radius 1 is 1.19 bits per heavy atom. The second-order valence-corrected chi connectivity index (χ2v) is 10.6. The van der Waals surface area contributed by atoms with Gasteiger partial charge in [0.05, 0.1) is 30.0 Å². The van der Waals surface area contributed by atoms with Crippen LogP contribution in [0, 0.1) is 5.92 Å². The second kappa shape index (κ2) is 9.78. The molecule has 9 heteroatoms. The van der Waals surface area contributed by atoms with Crippen molar-refractivity contribution in [3.05, 3.63) is 76.0 Å². The molecule has 0 saturated carbocycles. The van der Waals surface area contributed by atoms with Crippen molar-refractivity contribution in [2.24, 2.45) is 11.7 Å². The Bertz CT molecular complexity index is 1380. The highest BCUT2D eigenvalue weighted by Gasteiger charge is 2.41. The van der Waals surface area contributed by atoms with E-state index in [0.29, 0.717) is 43.5 Å². The highest BCUT2D eigenvalue weighted by Crippen LogP contribution is 2.40. The number of nitrogens with zero attached hydrogens (tertiary/aromatic N) is 3. The minimum atomic E-state index is -4.60. The third-order valence-electron chi connectivity index (χ3n) is 7.68. The summed E-state index contributed by atoms with van der Waals surface area (Å²) in [6.07, 6.45) is 2.74. The monoisotopic (exact) mass is 514 g/mol. The van der Waals surface area contributed by atoms with Crippen molar-refractivity contribution >= 4 is 11.1 Å². The van der Waals surface area contributed by atoms with Crippen molar-refractivity contribution in [2.75, 3.05) is 39.9 Å². The number of alkyl halides is 3. The highest BCUT2D eigenvalue weighted by molar-refractivity contribution is 5.71. The first kappa shape index (κ1) is 25.8. The lowest BCUT2D eigenvalue weighted by molar-refractivity contribution is -0.136. The fraction of sp³-hybridized carbons (Fsp3) is 0.464. The summed E-state index contributed by atoms with van der Waals surface area (Å²) in [4.78, 5) is 15.6. The molecule has 1 saturated heterocycles. The standard InChI is InChI=1S/C28H33F3N4O2/c1-19(8-9-32)13-27(17-37-18-27)22-6-3-7-23(12-22)34-16-25-24(28(29,30)31)11-21(15-35(25)26(34)36)20-5-4-10-33(2)14-20/h3,5-7,11-12,15-16,19H,4,8-10,13-14,17-18,32H2,1-2H3. The molecule has 2 aromatic heterocycles. The van der Waals surface area contributed by atoms with Crippen molar-refractivity contribution in [1.29, 1.82) is 0 Å². The molecule has 0 radical (unpaired) electrons. The van der Waals surface area contributed by atoms with Gasteiger partial charge in [-0.2, -0.15) is 13.2 Å². The minimum Gasteiger partial charge on any atom is -0.379 e. The second-order valence-electron chi connectivity index (χ2n) is 10.6. The molecule has 1 aromatic carbocycles. The van der Waals surface area contributed by atoms with Crippen molar-refractivity contribution in [3.8, 4) is 5.69 Å². The van der Waals surface area contributed by atoms with Gasteiger partial charge in [0.15, 0.2) is 0 Å². The van der Waals surface area contributed by atoms with E-state index < -0.39 is 17.4 Å². The molecule has 0 aliphatic carbocycles. The number of imidazole rings is 1. The molecule has 3 aromatic rings. The van der Waals surface area contributed by atoms with Crippen molar-refractivity contribution in [3.63, 3.8) is 0 Å². The molecule has 4 heterocycles. The van der Waals surface area contributed by atoms with Crippen LogP contribution in [-0.4, -0.2) is 53.8 Å². The van der Waals surface area contributed by atoms with Gasteiger partial charge in [-0.25, -0.2) is 4.79 Å². The molecule has 5 rings (SSSR count). The number of aromatic nitrogens is 2. The number of benzene rings is 1. The van der Waals surface area contributed by atoms with Crippen molar-refractivity contribution in [2.45, 2.75) is 37.8 Å². The predicted molar refractivity (Wildman–Crippen MR) is 138 cm³/mol. The molecule has 1 atom stereocenters. The Morgan fingerprint density at radius 2 is 1.97 bits per heavy atom. The lowest BCUT2D eigenvalue weighted by atomic mass is 9.72. The molecule has 6 nitrogen and oxygen atoms in total. The molecule has 0 spiro atoms. The number of fused-ring (bicyclic) bond motifs is 1. The molecule has 198 valence electrons. The Labute approximate surface area is 214 Å². The molecule has 2 N–H and O–H groups in total. The first-order valence-electron chi connectivity index (χ1n) is 12.7. The molecule has 2 aliphatic rings. The van der Waals surface area contributed by atoms with Crippen LogP contribution in [0.4, 0.5) is 13.2 Å². The lowest BCUT2D eigenvalue weighted by Crippen LogP contribution is -2.48. The number of nitrogens with two attached hydrogens (primary N) is 1. The van der Waals surface area contributed by atoms with Crippen LogP contribution in [0.3, 0.4) is 0 Å². The van der Waals surface area contributed by atoms with Gasteiger partial charge in [-0.1, -0.05) is 25.1 Å². The summed E-state index contributed by atoms with van der Waals surface area (Å²) in [6, 6.07) is 8.69. The maximum atomic E-state index is 14.2. The van der Waals surface area contributed by atoms with E-state index in [-0.39, 0.29) is 10.9 Å². The van der Waals surface area contributed by atoms with Gasteiger partial charge < -0.3 is 15.4 Å². The lowest BCUT2D eigenvalue weighted by Gasteiger charge is -2.44. The molecular weight excluding hydrogens is 481 g/mol. The molecule has 1 unspecified atom stereocenters. The van der Waals surface area contributed by atoms with Crippen LogP contribution in [0.2, 0.25) is 0 Å². The van der Waals surface area contributed by atoms with E-state index in [4.69, 9.17) is 10.5 Å². The van der Waals surface area contributed by atoms with E-state index in [1.807, 2.05) is 31.3 Å². The van der Waals surface area contributed by atoms with Gasteiger partial charge in [0, 0.05) is 30.9 Å². The summed E-state index contributed by atoms with van der Waals surface area (Å²) < 4.78 is 50.5. The first-order chi connectivity index (χ1) is 17.6. The maximum Gasteiger partial charge on any atom is 0.418 e. The average Bonchev–Trinajstić information content (AvgIpc) is 3.17. The number of pyridine rings is 1. The SMILES string of the molecule is CC(CCN)CC1(c2cccc(-n3cc4c(C(F)(F)F)cc(C5=CCCN(C)C5)cn4c3=O)c2)COC1. The Balaban J connectivity index is 1.60. The summed E-state index contributed by atoms with van der Waals surface area (Å²) in [6.45, 7) is 5.31. The number of halogens is 3. The zero-order chi connectivity index (χ0) is 26.4. The average molecular weight is 515 g/mol. The van der Waals surface area contributed by atoms with Crippen molar-refractivity contribution < 1.29 is 17.9 Å². The fourth-order valence-electron chi connectivity index (χ4n) is 5.67. The highest BCUT2D eigenvalue weighted by atomic mass is 19.4. The molecule has 0 bridgehead atoms. The van der Waals surface area contributed by atoms with E-state index in [2.05, 4.69) is 11.8 Å². The predicted octanol–water partition coefficient (Wildman–Crippen LogP) is 4.47. The maximum absolute atomic E-state index is 14.2. The van der Waals surface area contributed by atoms with Gasteiger partial charge in [0.25, 0.3) is 0 Å². The van der Waals surface area contributed by atoms with Crippen LogP contribution in [0.1, 0.15) is 42.9 Å². The normalized spacial score (nSPS) is 19.0. The zero-order valence-electron chi connectivity index (χ0n) is 21.2. The Kier molecular flexibility index (Phi) is 6.81. The summed E-state index contributed by atoms with van der Waals surface area (Å²) in [5, 5.41) is 0. The van der Waals surface area contributed by atoms with Gasteiger partial charge in [0.1, 0.15) is 0 Å². The van der Waals surface area contributed by atoms with Gasteiger partial charge in [-0.15, -0.1) is 0 Å². The van der Waals surface area contributed by atoms with E-state index in [1.165, 1.54) is 23.0 Å². The fourth-order valence-corrected chi connectivity index (χ4v) is 5.67. The van der Waals surface area contributed by atoms with E-state index >= 15 is 0 Å². The summed E-state index contributed by atoms with van der Waals surface area (Å²) in [5.74, 6) is 0.401. The van der Waals surface area contributed by atoms with Crippen LogP contribution in [0.5, 0.6) is 0 Å². The van der Waals surface area contributed by atoms with Gasteiger partial charge >= 0.3 is 11.9 Å². The van der Waals surface area contributed by atoms with Gasteiger partial charge in [-0.05, 0) is 73.7 Å². The van der Waals surface area contributed by atoms with Crippen LogP contribution in [-0.2, 0) is 16.3 Å². The number of hydrogen-bond acceptors (Lipinski definition) is 4. The molecule has 1 fully saturated rings. The number of hydrogen-bond donors (Lipinski definition) is 1. The van der Waals surface area contributed by atoms with Gasteiger partial charge in [-0.3, -0.25) is 8.97 Å². The molecule has 37 heavy (non-hydrogen) atoms. The number of ether oxygens (including phenoxy) is 1. The van der Waals surface area contributed by atoms with Crippen LogP contribution < -0.4 is 11.4 Å². The van der Waals surface area contributed by atoms with Gasteiger partial charge in [0.2, 0.25) is 0 Å². The van der Waals surface area contributed by atoms with E-state index in [0.717, 1.165) is 41.3 Å². The molecular formula is C28H33F3N4O2. The number of rotatable bonds is 7. The van der Waals surface area contributed by atoms with E-state index in [1.54, 1.807) is 6.07 Å². The van der Waals surface area contributed by atoms with Crippen molar-refractivity contribution in [1.82, 2.24) is 13.9 Å². The Morgan fingerprint density at radius 3 is 2.62 bits per heavy atom. The quantitative estimate of drug-likeness (QED) is 0.505. The molecule has 2 aliphatic heterocycles. The summed E-state index contributed by atoms with van der Waals surface area (Å²) in [7, 11) is 1.93. The topological polar surface area (TPSA) is 64.9 Å². The summed E-state index contributed by atoms with van der Waals surface area (Å²) >= 11 is 0. The Hall–Kier alpha value is -2.88. The largest absolute Gasteiger partial charge is 0.418 e. The van der Waals surface area contributed by atoms with Crippen LogP contribution >= 0.6 is 0 Å². The molecule has 0 amide bonds. The first-order valence-corrected chi connectivity index (χ1v) is 12.7. The minimum absolute atomic E-state index is 0.158. The third-order valence-corrected chi connectivity index (χ3v) is 7.68. The smallest absolute Gasteiger partial charge is 0.379 e. The van der Waals surface area contributed by atoms with Crippen LogP contribution in [0.25, 0.3) is 16.8 Å². The zero-order valence-corrected chi connectivity index (χ0v) is 21.2. The summed E-state index contributed by atoms with van der Waals surface area (Å²) in [5.41, 5.74) is 6.84. The van der Waals surface area contributed by atoms with E-state index in [9.17, 15) is 18.0 Å². The van der Waals surface area contributed by atoms with Crippen LogP contribution in [0.15, 0.2) is 53.6 Å².